The van der Waals surface area contributed by atoms with Gasteiger partial charge in [0.2, 0.25) is 0 Å². The van der Waals surface area contributed by atoms with Gasteiger partial charge in [-0.3, -0.25) is 4.52 Å². The quantitative estimate of drug-likeness (QED) is 0.593. The van der Waals surface area contributed by atoms with Crippen molar-refractivity contribution in [3.8, 4) is 5.75 Å². The van der Waals surface area contributed by atoms with Gasteiger partial charge in [-0.2, -0.15) is 0 Å². The number of aryl methyl sites for hydroxylation is 1. The van der Waals surface area contributed by atoms with Crippen LogP contribution in [0.4, 0.5) is 4.79 Å². The molecule has 8 heteroatoms. The first-order valence-electron chi connectivity index (χ1n) is 8.38. The Morgan fingerprint density at radius 2 is 2.00 bits per heavy atom. The molecule has 0 aliphatic carbocycles. The average Bonchev–Trinajstić information content (AvgIpc) is 2.54. The molecule has 1 unspecified atom stereocenters. The van der Waals surface area contributed by atoms with Gasteiger partial charge in [0.05, 0.1) is 6.61 Å². The van der Waals surface area contributed by atoms with Crippen molar-refractivity contribution in [3.05, 3.63) is 29.8 Å². The number of nitrogens with one attached hydrogen (secondary N) is 1. The molecule has 0 heterocycles. The second kappa shape index (κ2) is 12.9. The highest BCUT2D eigenvalue weighted by Crippen LogP contribution is 2.36. The van der Waals surface area contributed by atoms with Crippen molar-refractivity contribution < 1.29 is 28.4 Å². The average molecular weight is 375 g/mol. The largest absolute Gasteiger partial charge is 0.469 e. The first-order chi connectivity index (χ1) is 11.7. The van der Waals surface area contributed by atoms with Crippen molar-refractivity contribution in [3.63, 3.8) is 0 Å². The van der Waals surface area contributed by atoms with Gasteiger partial charge in [0.15, 0.2) is 0 Å². The Morgan fingerprint density at radius 1 is 1.32 bits per heavy atom. The first-order valence-corrected chi connectivity index (χ1v) is 9.91. The van der Waals surface area contributed by atoms with Gasteiger partial charge in [-0.15, -0.1) is 0 Å². The van der Waals surface area contributed by atoms with Gasteiger partial charge in [-0.25, -0.2) is 9.36 Å². The van der Waals surface area contributed by atoms with Crippen LogP contribution in [-0.4, -0.2) is 29.5 Å². The third kappa shape index (κ3) is 13.6. The molecule has 0 bridgehead atoms. The second-order valence-corrected chi connectivity index (χ2v) is 6.90. The number of hydrogen-bond acceptors (Lipinski definition) is 4. The maximum absolute atomic E-state index is 10.8. The number of amides is 1. The van der Waals surface area contributed by atoms with E-state index in [9.17, 15) is 9.36 Å². The highest BCUT2D eigenvalue weighted by Gasteiger charge is 2.16. The van der Waals surface area contributed by atoms with Crippen LogP contribution in [0.3, 0.4) is 0 Å². The summed E-state index contributed by atoms with van der Waals surface area (Å²) in [6, 6.07) is 7.32. The predicted octanol–water partition coefficient (Wildman–Crippen LogP) is 4.03. The predicted molar refractivity (Wildman–Crippen MR) is 97.6 cm³/mol. The zero-order chi connectivity index (χ0) is 19.3. The van der Waals surface area contributed by atoms with Gasteiger partial charge in [0.1, 0.15) is 5.75 Å². The molecule has 7 nitrogen and oxygen atoms in total. The van der Waals surface area contributed by atoms with E-state index in [1.54, 1.807) is 12.1 Å². The molecule has 3 N–H and O–H groups in total. The Labute approximate surface area is 150 Å². The number of benzene rings is 1. The summed E-state index contributed by atoms with van der Waals surface area (Å²) in [5.41, 5.74) is 1.07. The normalized spacial score (nSPS) is 11.9. The minimum atomic E-state index is -4.26. The zero-order valence-corrected chi connectivity index (χ0v) is 16.3. The summed E-state index contributed by atoms with van der Waals surface area (Å²) in [6.07, 6.45) is 3.63. The number of phosphoric ester groups is 1. The number of phosphoric acid groups is 1. The fourth-order valence-electron chi connectivity index (χ4n) is 1.94. The van der Waals surface area contributed by atoms with Crippen molar-refractivity contribution in [2.45, 2.75) is 46.5 Å². The van der Waals surface area contributed by atoms with E-state index in [0.717, 1.165) is 31.2 Å². The van der Waals surface area contributed by atoms with Crippen LogP contribution in [0.25, 0.3) is 0 Å². The van der Waals surface area contributed by atoms with Crippen LogP contribution in [0, 0.1) is 12.8 Å². The van der Waals surface area contributed by atoms with Crippen LogP contribution in [-0.2, 0) is 9.09 Å². The highest BCUT2D eigenvalue weighted by molar-refractivity contribution is 7.46. The van der Waals surface area contributed by atoms with Gasteiger partial charge >= 0.3 is 13.9 Å². The molecule has 1 aromatic rings. The zero-order valence-electron chi connectivity index (χ0n) is 15.4. The number of hydrogen-bond donors (Lipinski definition) is 3. The highest BCUT2D eigenvalue weighted by atomic mass is 31.2. The number of rotatable bonds is 8. The van der Waals surface area contributed by atoms with E-state index in [1.807, 2.05) is 26.0 Å². The Bertz CT molecular complexity index is 546. The first kappa shape index (κ1) is 23.6. The lowest BCUT2D eigenvalue weighted by molar-refractivity contribution is 0.161. The molecule has 1 atom stereocenters. The van der Waals surface area contributed by atoms with E-state index in [0.29, 0.717) is 5.75 Å². The van der Waals surface area contributed by atoms with Crippen LogP contribution in [0.2, 0.25) is 0 Å². The van der Waals surface area contributed by atoms with Gasteiger partial charge < -0.3 is 19.8 Å². The van der Waals surface area contributed by atoms with Gasteiger partial charge in [0, 0.05) is 7.05 Å². The fraction of sp³-hybridized carbons (Fsp3) is 0.588. The molecule has 0 aliphatic rings. The molecule has 0 fully saturated rings. The van der Waals surface area contributed by atoms with Crippen molar-refractivity contribution in [2.75, 3.05) is 13.7 Å². The van der Waals surface area contributed by atoms with Crippen LogP contribution in [0.5, 0.6) is 5.75 Å². The smallest absolute Gasteiger partial charge is 0.410 e. The van der Waals surface area contributed by atoms with Gasteiger partial charge in [0.25, 0.3) is 0 Å². The molecule has 25 heavy (non-hydrogen) atoms. The molecule has 0 aliphatic heterocycles. The Morgan fingerprint density at radius 3 is 2.48 bits per heavy atom. The number of carbonyl (C=O) groups is 1. The lowest BCUT2D eigenvalue weighted by Crippen LogP contribution is -2.21. The summed E-state index contributed by atoms with van der Waals surface area (Å²) in [6.45, 7) is 6.21. The molecular formula is C17H30NO6P. The minimum Gasteiger partial charge on any atom is -0.410 e. The van der Waals surface area contributed by atoms with Crippen LogP contribution >= 0.6 is 7.82 Å². The van der Waals surface area contributed by atoms with E-state index in [4.69, 9.17) is 14.5 Å². The van der Waals surface area contributed by atoms with E-state index in [1.165, 1.54) is 7.05 Å². The van der Waals surface area contributed by atoms with Gasteiger partial charge in [-0.1, -0.05) is 45.2 Å². The summed E-state index contributed by atoms with van der Waals surface area (Å²) in [4.78, 5) is 27.7. The molecule has 0 saturated carbocycles. The van der Waals surface area contributed by atoms with Crippen molar-refractivity contribution in [1.82, 2.24) is 5.32 Å². The summed E-state index contributed by atoms with van der Waals surface area (Å²) < 4.78 is 19.7. The molecule has 1 rings (SSSR count). The van der Waals surface area contributed by atoms with Gasteiger partial charge in [-0.05, 0) is 37.0 Å². The monoisotopic (exact) mass is 375 g/mol. The topological polar surface area (TPSA) is 105 Å². The molecule has 0 saturated heterocycles. The van der Waals surface area contributed by atoms with E-state index >= 15 is 0 Å². The second-order valence-electron chi connectivity index (χ2n) is 5.66. The maximum atomic E-state index is 10.8. The van der Waals surface area contributed by atoms with Crippen molar-refractivity contribution >= 4 is 13.9 Å². The number of unbranched alkanes of at least 4 members (excludes halogenated alkanes) is 1. The number of carbonyl (C=O) groups excluding carboxylic acids is 1. The minimum absolute atomic E-state index is 0.167. The van der Waals surface area contributed by atoms with Crippen molar-refractivity contribution in [2.24, 2.45) is 5.92 Å². The standard InChI is InChI=1S/C9H11NO2.C8H19O4P/c1-7-4-3-5-8(6-7)12-9(11)10-2;1-3-5-6-8(4-2)7-12-13(9,10)11/h3-6H,1-2H3,(H,10,11);8H,3-7H2,1-2H3,(H2,9,10,11). The third-order valence-corrected chi connectivity index (χ3v) is 3.91. The Kier molecular flexibility index (Phi) is 12.2. The summed E-state index contributed by atoms with van der Waals surface area (Å²) in [5, 5.41) is 2.37. The summed E-state index contributed by atoms with van der Waals surface area (Å²) in [7, 11) is -2.74. The summed E-state index contributed by atoms with van der Waals surface area (Å²) >= 11 is 0. The molecule has 1 amide bonds. The lowest BCUT2D eigenvalue weighted by atomic mass is 10.0. The maximum Gasteiger partial charge on any atom is 0.469 e. The fourth-order valence-corrected chi connectivity index (χ4v) is 2.34. The Hall–Kier alpha value is -1.40. The molecule has 0 spiro atoms. The van der Waals surface area contributed by atoms with E-state index < -0.39 is 13.9 Å². The van der Waals surface area contributed by atoms with E-state index in [2.05, 4.69) is 16.8 Å². The van der Waals surface area contributed by atoms with Crippen LogP contribution < -0.4 is 10.1 Å². The Balaban J connectivity index is 0.000000462. The SMILES string of the molecule is CCCCC(CC)COP(=O)(O)O.CNC(=O)Oc1cccc(C)c1. The number of ether oxygens (including phenoxy) is 1. The van der Waals surface area contributed by atoms with Crippen molar-refractivity contribution in [1.29, 1.82) is 0 Å². The van der Waals surface area contributed by atoms with E-state index in [-0.39, 0.29) is 12.5 Å². The summed E-state index contributed by atoms with van der Waals surface area (Å²) in [5.74, 6) is 0.835. The molecule has 144 valence electrons. The van der Waals surface area contributed by atoms with Crippen LogP contribution in [0.15, 0.2) is 24.3 Å². The third-order valence-electron chi connectivity index (χ3n) is 3.43. The molecule has 1 aromatic carbocycles. The van der Waals surface area contributed by atoms with Crippen LogP contribution in [0.1, 0.15) is 45.1 Å². The molecule has 0 aromatic heterocycles. The molecule has 0 radical (unpaired) electrons. The lowest BCUT2D eigenvalue weighted by Gasteiger charge is -2.14. The molecular weight excluding hydrogens is 345 g/mol.